The average molecular weight is 307 g/mol. The lowest BCUT2D eigenvalue weighted by atomic mass is 9.69. The summed E-state index contributed by atoms with van der Waals surface area (Å²) >= 11 is 0. The minimum Gasteiger partial charge on any atom is -0.396 e. The van der Waals surface area contributed by atoms with Crippen molar-refractivity contribution in [1.29, 1.82) is 0 Å². The molecule has 0 radical (unpaired) electrons. The van der Waals surface area contributed by atoms with Gasteiger partial charge >= 0.3 is 0 Å². The lowest BCUT2D eigenvalue weighted by Crippen LogP contribution is -2.44. The Balaban J connectivity index is 1.77. The summed E-state index contributed by atoms with van der Waals surface area (Å²) in [6.45, 7) is 4.67. The number of aromatic nitrogens is 2. The molecule has 6 heteroatoms. The third-order valence-corrected chi connectivity index (χ3v) is 5.10. The summed E-state index contributed by atoms with van der Waals surface area (Å²) in [5, 5.41) is 16.9. The van der Waals surface area contributed by atoms with Gasteiger partial charge in [-0.25, -0.2) is 0 Å². The van der Waals surface area contributed by atoms with Crippen molar-refractivity contribution in [3.05, 3.63) is 17.0 Å². The standard InChI is InChI=1S/C16H25N3O3/c1-10-7-12-13(18-19(3)14(12)11(2)22-10)15(21)17-8-16(9-20)5-4-6-16/h10-11,20H,4-9H2,1-3H3,(H,17,21)/t10-,11+/m1/s1. The summed E-state index contributed by atoms with van der Waals surface area (Å²) < 4.78 is 7.57. The predicted molar refractivity (Wildman–Crippen MR) is 81.6 cm³/mol. The Labute approximate surface area is 130 Å². The highest BCUT2D eigenvalue weighted by atomic mass is 16.5. The van der Waals surface area contributed by atoms with Crippen LogP contribution in [-0.4, -0.2) is 40.0 Å². The van der Waals surface area contributed by atoms with Gasteiger partial charge < -0.3 is 15.2 Å². The van der Waals surface area contributed by atoms with E-state index in [0.717, 1.165) is 30.5 Å². The largest absolute Gasteiger partial charge is 0.396 e. The van der Waals surface area contributed by atoms with Gasteiger partial charge in [0.2, 0.25) is 0 Å². The minimum atomic E-state index is -0.141. The van der Waals surface area contributed by atoms with Crippen molar-refractivity contribution >= 4 is 5.91 Å². The average Bonchev–Trinajstić information content (AvgIpc) is 2.75. The number of carbonyl (C=O) groups excluding carboxylic acids is 1. The fourth-order valence-corrected chi connectivity index (χ4v) is 3.64. The lowest BCUT2D eigenvalue weighted by molar-refractivity contribution is -0.00903. The fourth-order valence-electron chi connectivity index (χ4n) is 3.64. The smallest absolute Gasteiger partial charge is 0.272 e. The monoisotopic (exact) mass is 307 g/mol. The first-order valence-corrected chi connectivity index (χ1v) is 8.06. The second-order valence-electron chi connectivity index (χ2n) is 6.82. The molecule has 1 aliphatic heterocycles. The Morgan fingerprint density at radius 3 is 2.82 bits per heavy atom. The van der Waals surface area contributed by atoms with Crippen LogP contribution < -0.4 is 5.32 Å². The van der Waals surface area contributed by atoms with Gasteiger partial charge in [0.25, 0.3) is 5.91 Å². The number of rotatable bonds is 4. The molecular weight excluding hydrogens is 282 g/mol. The molecule has 0 aromatic carbocycles. The van der Waals surface area contributed by atoms with Crippen molar-refractivity contribution in [2.45, 2.75) is 51.7 Å². The van der Waals surface area contributed by atoms with Crippen molar-refractivity contribution in [3.8, 4) is 0 Å². The molecule has 0 bridgehead atoms. The molecule has 122 valence electrons. The zero-order valence-corrected chi connectivity index (χ0v) is 13.6. The number of nitrogens with zero attached hydrogens (tertiary/aromatic N) is 2. The van der Waals surface area contributed by atoms with Crippen LogP contribution in [0.3, 0.4) is 0 Å². The molecule has 3 rings (SSSR count). The third-order valence-electron chi connectivity index (χ3n) is 5.10. The molecule has 2 N–H and O–H groups in total. The van der Waals surface area contributed by atoms with E-state index in [9.17, 15) is 9.90 Å². The normalized spacial score (nSPS) is 26.2. The molecule has 0 unspecified atom stereocenters. The highest BCUT2D eigenvalue weighted by Crippen LogP contribution is 2.39. The van der Waals surface area contributed by atoms with Crippen molar-refractivity contribution < 1.29 is 14.6 Å². The van der Waals surface area contributed by atoms with Gasteiger partial charge in [0, 0.05) is 31.0 Å². The minimum absolute atomic E-state index is 0.0479. The number of aryl methyl sites for hydroxylation is 1. The van der Waals surface area contributed by atoms with Crippen molar-refractivity contribution in [1.82, 2.24) is 15.1 Å². The van der Waals surface area contributed by atoms with Gasteiger partial charge in [-0.05, 0) is 26.7 Å². The van der Waals surface area contributed by atoms with E-state index < -0.39 is 0 Å². The van der Waals surface area contributed by atoms with E-state index in [0.29, 0.717) is 18.7 Å². The van der Waals surface area contributed by atoms with Gasteiger partial charge in [-0.3, -0.25) is 9.48 Å². The van der Waals surface area contributed by atoms with Crippen LogP contribution in [0.1, 0.15) is 61.0 Å². The van der Waals surface area contributed by atoms with Crippen molar-refractivity contribution in [2.75, 3.05) is 13.2 Å². The number of nitrogens with one attached hydrogen (secondary N) is 1. The number of carbonyl (C=O) groups is 1. The number of aliphatic hydroxyl groups excluding tert-OH is 1. The summed E-state index contributed by atoms with van der Waals surface area (Å²) in [6, 6.07) is 0. The maximum absolute atomic E-state index is 12.5. The van der Waals surface area contributed by atoms with Gasteiger partial charge in [0.1, 0.15) is 0 Å². The van der Waals surface area contributed by atoms with E-state index in [-0.39, 0.29) is 30.1 Å². The number of hydrogen-bond donors (Lipinski definition) is 2. The van der Waals surface area contributed by atoms with E-state index >= 15 is 0 Å². The Morgan fingerprint density at radius 2 is 2.23 bits per heavy atom. The predicted octanol–water partition coefficient (Wildman–Crippen LogP) is 1.33. The maximum Gasteiger partial charge on any atom is 0.272 e. The van der Waals surface area contributed by atoms with Crippen LogP contribution in [0.2, 0.25) is 0 Å². The number of aliphatic hydroxyl groups is 1. The van der Waals surface area contributed by atoms with Crippen LogP contribution in [0, 0.1) is 5.41 Å². The molecular formula is C16H25N3O3. The molecule has 1 amide bonds. The van der Waals surface area contributed by atoms with E-state index in [1.165, 1.54) is 0 Å². The first-order chi connectivity index (χ1) is 10.5. The van der Waals surface area contributed by atoms with Gasteiger partial charge in [-0.2, -0.15) is 5.10 Å². The van der Waals surface area contributed by atoms with Crippen LogP contribution >= 0.6 is 0 Å². The first kappa shape index (κ1) is 15.5. The van der Waals surface area contributed by atoms with Crippen LogP contribution in [0.4, 0.5) is 0 Å². The topological polar surface area (TPSA) is 76.4 Å². The molecule has 1 saturated carbocycles. The number of fused-ring (bicyclic) bond motifs is 1. The Hall–Kier alpha value is -1.40. The summed E-state index contributed by atoms with van der Waals surface area (Å²) in [4.78, 5) is 12.5. The Morgan fingerprint density at radius 1 is 1.50 bits per heavy atom. The van der Waals surface area contributed by atoms with Crippen LogP contribution in [-0.2, 0) is 18.2 Å². The van der Waals surface area contributed by atoms with Crippen molar-refractivity contribution in [2.24, 2.45) is 12.5 Å². The second-order valence-corrected chi connectivity index (χ2v) is 6.82. The third kappa shape index (κ3) is 2.54. The van der Waals surface area contributed by atoms with Crippen LogP contribution in [0.15, 0.2) is 0 Å². The molecule has 22 heavy (non-hydrogen) atoms. The fraction of sp³-hybridized carbons (Fsp3) is 0.750. The first-order valence-electron chi connectivity index (χ1n) is 8.06. The molecule has 6 nitrogen and oxygen atoms in total. The van der Waals surface area contributed by atoms with E-state index in [1.807, 2.05) is 20.9 Å². The van der Waals surface area contributed by atoms with E-state index in [4.69, 9.17) is 4.74 Å². The van der Waals surface area contributed by atoms with Crippen LogP contribution in [0.5, 0.6) is 0 Å². The summed E-state index contributed by atoms with van der Waals surface area (Å²) in [6.07, 6.45) is 3.84. The Kier molecular flexibility index (Phi) is 3.99. The molecule has 2 aliphatic rings. The quantitative estimate of drug-likeness (QED) is 0.880. The van der Waals surface area contributed by atoms with Gasteiger partial charge in [0.15, 0.2) is 5.69 Å². The molecule has 1 aliphatic carbocycles. The zero-order valence-electron chi connectivity index (χ0n) is 13.6. The molecule has 0 spiro atoms. The number of amides is 1. The zero-order chi connectivity index (χ0) is 15.9. The van der Waals surface area contributed by atoms with Gasteiger partial charge in [0.05, 0.1) is 24.5 Å². The van der Waals surface area contributed by atoms with E-state index in [1.54, 1.807) is 4.68 Å². The number of hydrogen-bond acceptors (Lipinski definition) is 4. The molecule has 1 aromatic rings. The SMILES string of the molecule is C[C@@H]1Cc2c(C(=O)NCC3(CO)CCC3)nn(C)c2[C@H](C)O1. The Bertz CT molecular complexity index is 572. The molecule has 2 atom stereocenters. The summed E-state index contributed by atoms with van der Waals surface area (Å²) in [7, 11) is 1.85. The number of ether oxygens (including phenoxy) is 1. The lowest BCUT2D eigenvalue weighted by Gasteiger charge is -2.40. The van der Waals surface area contributed by atoms with Crippen molar-refractivity contribution in [3.63, 3.8) is 0 Å². The highest BCUT2D eigenvalue weighted by molar-refractivity contribution is 5.94. The summed E-state index contributed by atoms with van der Waals surface area (Å²) in [5.41, 5.74) is 2.38. The van der Waals surface area contributed by atoms with Crippen LogP contribution in [0.25, 0.3) is 0 Å². The molecule has 1 aromatic heterocycles. The second kappa shape index (κ2) is 5.66. The highest BCUT2D eigenvalue weighted by Gasteiger charge is 2.37. The summed E-state index contributed by atoms with van der Waals surface area (Å²) in [5.74, 6) is -0.141. The maximum atomic E-state index is 12.5. The van der Waals surface area contributed by atoms with Gasteiger partial charge in [-0.15, -0.1) is 0 Å². The molecule has 2 heterocycles. The van der Waals surface area contributed by atoms with Gasteiger partial charge in [-0.1, -0.05) is 6.42 Å². The van der Waals surface area contributed by atoms with E-state index in [2.05, 4.69) is 10.4 Å². The molecule has 0 saturated heterocycles. The molecule has 1 fully saturated rings.